The first-order valence-electron chi connectivity index (χ1n) is 7.28. The van der Waals surface area contributed by atoms with Crippen molar-refractivity contribution in [1.82, 2.24) is 15.0 Å². The van der Waals surface area contributed by atoms with Gasteiger partial charge in [0.25, 0.3) is 0 Å². The molecule has 7 nitrogen and oxygen atoms in total. The fraction of sp³-hybridized carbons (Fsp3) is 0.400. The molecule has 0 spiro atoms. The van der Waals surface area contributed by atoms with Crippen molar-refractivity contribution in [1.29, 1.82) is 0 Å². The van der Waals surface area contributed by atoms with Crippen molar-refractivity contribution in [2.24, 2.45) is 0 Å². The molecule has 2 aromatic rings. The second-order valence-electron chi connectivity index (χ2n) is 5.47. The van der Waals surface area contributed by atoms with Crippen molar-refractivity contribution in [2.75, 3.05) is 6.61 Å². The van der Waals surface area contributed by atoms with E-state index in [0.717, 1.165) is 10.2 Å². The maximum Gasteiger partial charge on any atom is 0.218 e. The minimum absolute atomic E-state index is 0.0689. The molecule has 1 aromatic carbocycles. The number of para-hydroxylation sites is 1. The van der Waals surface area contributed by atoms with Crippen LogP contribution in [0, 0.1) is 0 Å². The van der Waals surface area contributed by atoms with E-state index in [1.807, 2.05) is 24.3 Å². The number of halogens is 1. The summed E-state index contributed by atoms with van der Waals surface area (Å²) in [6, 6.07) is 7.74. The van der Waals surface area contributed by atoms with Crippen LogP contribution >= 0.6 is 15.9 Å². The zero-order valence-electron chi connectivity index (χ0n) is 12.1. The van der Waals surface area contributed by atoms with E-state index >= 15 is 0 Å². The van der Waals surface area contributed by atoms with Crippen LogP contribution in [0.4, 0.5) is 0 Å². The van der Waals surface area contributed by atoms with Crippen molar-refractivity contribution < 1.29 is 19.0 Å². The van der Waals surface area contributed by atoms with Gasteiger partial charge in [-0.2, -0.15) is 0 Å². The van der Waals surface area contributed by atoms with Gasteiger partial charge in [0.15, 0.2) is 5.78 Å². The lowest BCUT2D eigenvalue weighted by Crippen LogP contribution is -2.40. The molecule has 0 amide bonds. The quantitative estimate of drug-likeness (QED) is 0.803. The lowest BCUT2D eigenvalue weighted by atomic mass is 10.1. The predicted molar refractivity (Wildman–Crippen MR) is 81.9 cm³/mol. The second kappa shape index (κ2) is 6.12. The third-order valence-corrected chi connectivity index (χ3v) is 4.55. The van der Waals surface area contributed by atoms with Crippen LogP contribution in [0.25, 0.3) is 5.69 Å². The van der Waals surface area contributed by atoms with Gasteiger partial charge in [-0.15, -0.1) is 5.10 Å². The van der Waals surface area contributed by atoms with Crippen molar-refractivity contribution in [3.8, 4) is 5.69 Å². The van der Waals surface area contributed by atoms with Gasteiger partial charge in [-0.25, -0.2) is 4.68 Å². The fourth-order valence-electron chi connectivity index (χ4n) is 2.69. The van der Waals surface area contributed by atoms with E-state index in [4.69, 9.17) is 14.2 Å². The Labute approximate surface area is 140 Å². The number of benzene rings is 1. The largest absolute Gasteiger partial charge is 0.369 e. The van der Waals surface area contributed by atoms with Gasteiger partial charge in [0.1, 0.15) is 11.8 Å². The fourth-order valence-corrected chi connectivity index (χ4v) is 3.15. The highest BCUT2D eigenvalue weighted by atomic mass is 79.9. The average molecular weight is 380 g/mol. The molecule has 1 aromatic heterocycles. The lowest BCUT2D eigenvalue weighted by molar-refractivity contribution is -0.168. The van der Waals surface area contributed by atoms with Crippen molar-refractivity contribution in [3.63, 3.8) is 0 Å². The first kappa shape index (κ1) is 14.9. The Bertz CT molecular complexity index is 735. The first-order valence-corrected chi connectivity index (χ1v) is 8.07. The van der Waals surface area contributed by atoms with Gasteiger partial charge >= 0.3 is 0 Å². The Morgan fingerprint density at radius 1 is 1.39 bits per heavy atom. The third kappa shape index (κ3) is 2.94. The van der Waals surface area contributed by atoms with Crippen LogP contribution in [0.3, 0.4) is 0 Å². The van der Waals surface area contributed by atoms with E-state index in [1.54, 1.807) is 10.9 Å². The Hall–Kier alpha value is -1.61. The zero-order valence-corrected chi connectivity index (χ0v) is 13.7. The van der Waals surface area contributed by atoms with Crippen molar-refractivity contribution >= 4 is 21.7 Å². The highest BCUT2D eigenvalue weighted by Gasteiger charge is 2.43. The Balaban J connectivity index is 1.42. The molecule has 2 fully saturated rings. The number of ether oxygens (including phenoxy) is 3. The van der Waals surface area contributed by atoms with Gasteiger partial charge in [-0.1, -0.05) is 17.3 Å². The molecule has 2 aliphatic rings. The van der Waals surface area contributed by atoms with Gasteiger partial charge in [0, 0.05) is 10.9 Å². The highest BCUT2D eigenvalue weighted by molar-refractivity contribution is 9.10. The molecule has 3 heterocycles. The molecule has 0 aliphatic carbocycles. The summed E-state index contributed by atoms with van der Waals surface area (Å²) in [5.74, 6) is -0.0689. The minimum Gasteiger partial charge on any atom is -0.369 e. The van der Waals surface area contributed by atoms with Crippen LogP contribution in [0.1, 0.15) is 12.1 Å². The topological polar surface area (TPSA) is 75.5 Å². The molecule has 4 rings (SSSR count). The van der Waals surface area contributed by atoms with Crippen molar-refractivity contribution in [3.05, 3.63) is 40.6 Å². The molecule has 23 heavy (non-hydrogen) atoms. The summed E-state index contributed by atoms with van der Waals surface area (Å²) in [5, 5.41) is 8.22. The highest BCUT2D eigenvalue weighted by Crippen LogP contribution is 2.27. The van der Waals surface area contributed by atoms with E-state index in [9.17, 15) is 4.79 Å². The van der Waals surface area contributed by atoms with Gasteiger partial charge in [-0.3, -0.25) is 4.79 Å². The normalized spacial score (nSPS) is 26.7. The number of rotatable bonds is 4. The number of Topliss-reactive ketones (excluding diaryl/α,β-unsaturated/α-hetero) is 1. The van der Waals surface area contributed by atoms with E-state index in [0.29, 0.717) is 18.7 Å². The second-order valence-corrected chi connectivity index (χ2v) is 6.32. The lowest BCUT2D eigenvalue weighted by Gasteiger charge is -2.25. The predicted octanol–water partition coefficient (Wildman–Crippen LogP) is 1.63. The number of carbonyl (C=O) groups is 1. The van der Waals surface area contributed by atoms with Crippen LogP contribution in [-0.4, -0.2) is 45.9 Å². The number of ketones is 1. The molecule has 3 atom stereocenters. The molecule has 0 unspecified atom stereocenters. The first-order chi connectivity index (χ1) is 11.2. The van der Waals surface area contributed by atoms with Crippen LogP contribution in [0.5, 0.6) is 0 Å². The van der Waals surface area contributed by atoms with E-state index < -0.39 is 6.29 Å². The molecule has 8 heteroatoms. The standard InChI is InChI=1S/C15H14BrN3O4/c16-10-3-1-2-4-11(10)19-6-9(17-18-19)7-21-13-5-12(20)15-22-8-14(13)23-15/h1-4,6,13-15H,5,7-8H2/t13-,14+,15+/m0/s1. The molecule has 0 saturated carbocycles. The molecule has 2 bridgehead atoms. The van der Waals surface area contributed by atoms with Crippen LogP contribution in [0.2, 0.25) is 0 Å². The molecule has 0 radical (unpaired) electrons. The number of hydrogen-bond donors (Lipinski definition) is 0. The summed E-state index contributed by atoms with van der Waals surface area (Å²) in [6.45, 7) is 0.664. The minimum atomic E-state index is -0.698. The van der Waals surface area contributed by atoms with Gasteiger partial charge in [0.05, 0.1) is 31.2 Å². The maximum atomic E-state index is 11.7. The van der Waals surface area contributed by atoms with Crippen LogP contribution in [0.15, 0.2) is 34.9 Å². The van der Waals surface area contributed by atoms with Crippen LogP contribution < -0.4 is 0 Å². The number of hydrogen-bond acceptors (Lipinski definition) is 6. The summed E-state index contributed by atoms with van der Waals surface area (Å²) in [4.78, 5) is 11.7. The third-order valence-electron chi connectivity index (χ3n) is 3.88. The summed E-state index contributed by atoms with van der Waals surface area (Å²) >= 11 is 3.48. The molecular weight excluding hydrogens is 366 g/mol. The molecule has 2 saturated heterocycles. The summed E-state index contributed by atoms with van der Waals surface area (Å²) in [6.07, 6.45) is 0.940. The SMILES string of the molecule is O=C1C[C@H](OCc2cn(-c3ccccc3Br)nn2)[C@H]2CO[C@@H]1O2. The van der Waals surface area contributed by atoms with Gasteiger partial charge in [0.2, 0.25) is 6.29 Å². The van der Waals surface area contributed by atoms with Crippen LogP contribution in [-0.2, 0) is 25.6 Å². The van der Waals surface area contributed by atoms with Gasteiger partial charge in [-0.05, 0) is 28.1 Å². The van der Waals surface area contributed by atoms with E-state index in [-0.39, 0.29) is 24.6 Å². The molecule has 120 valence electrons. The maximum absolute atomic E-state index is 11.7. The number of carbonyl (C=O) groups excluding carboxylic acids is 1. The average Bonchev–Trinajstić information content (AvgIpc) is 3.19. The Kier molecular flexibility index (Phi) is 3.98. The number of aromatic nitrogens is 3. The summed E-state index contributed by atoms with van der Waals surface area (Å²) < 4.78 is 19.1. The monoisotopic (exact) mass is 379 g/mol. The Morgan fingerprint density at radius 2 is 2.26 bits per heavy atom. The summed E-state index contributed by atoms with van der Waals surface area (Å²) in [7, 11) is 0. The zero-order chi connectivity index (χ0) is 15.8. The van der Waals surface area contributed by atoms with Gasteiger partial charge < -0.3 is 14.2 Å². The molecular formula is C15H14BrN3O4. The smallest absolute Gasteiger partial charge is 0.218 e. The summed E-state index contributed by atoms with van der Waals surface area (Å²) in [5.41, 5.74) is 1.59. The molecule has 2 aliphatic heterocycles. The van der Waals surface area contributed by atoms with Crippen molar-refractivity contribution in [2.45, 2.75) is 31.5 Å². The Morgan fingerprint density at radius 3 is 3.13 bits per heavy atom. The number of fused-ring (bicyclic) bond motifs is 2. The number of nitrogens with zero attached hydrogens (tertiary/aromatic N) is 3. The molecule has 0 N–H and O–H groups in total. The van der Waals surface area contributed by atoms with E-state index in [1.165, 1.54) is 0 Å². The van der Waals surface area contributed by atoms with E-state index in [2.05, 4.69) is 26.2 Å².